The number of hydrogen-bond donors (Lipinski definition) is 1. The number of halogens is 1. The smallest absolute Gasteiger partial charge is 0.193 e. The molecule has 1 saturated heterocycles. The van der Waals surface area contributed by atoms with Crippen molar-refractivity contribution in [3.05, 3.63) is 18.5 Å². The summed E-state index contributed by atoms with van der Waals surface area (Å²) in [7, 11) is -1.32. The summed E-state index contributed by atoms with van der Waals surface area (Å²) in [6.45, 7) is 5.90. The van der Waals surface area contributed by atoms with Crippen molar-refractivity contribution in [2.75, 3.05) is 32.4 Å². The van der Waals surface area contributed by atoms with Crippen molar-refractivity contribution < 1.29 is 8.42 Å². The van der Waals surface area contributed by atoms with Crippen LogP contribution in [-0.2, 0) is 16.4 Å². The molecule has 2 heterocycles. The van der Waals surface area contributed by atoms with E-state index in [2.05, 4.69) is 15.4 Å². The molecule has 1 aliphatic rings. The van der Waals surface area contributed by atoms with Crippen molar-refractivity contribution in [2.24, 2.45) is 4.99 Å². The molecule has 0 spiro atoms. The van der Waals surface area contributed by atoms with Gasteiger partial charge in [0.05, 0.1) is 17.0 Å². The Morgan fingerprint density at radius 3 is 2.73 bits per heavy atom. The highest BCUT2D eigenvalue weighted by atomic mass is 127. The molecule has 9 heteroatoms. The second-order valence-electron chi connectivity index (χ2n) is 5.74. The predicted molar refractivity (Wildman–Crippen MR) is 98.4 cm³/mol. The van der Waals surface area contributed by atoms with Gasteiger partial charge in [-0.25, -0.2) is 8.42 Å². The number of aromatic nitrogens is 2. The predicted octanol–water partition coefficient (Wildman–Crippen LogP) is 0.585. The van der Waals surface area contributed by atoms with Crippen LogP contribution in [0.3, 0.4) is 0 Å². The average Bonchev–Trinajstić information content (AvgIpc) is 2.91. The zero-order valence-corrected chi connectivity index (χ0v) is 16.3. The van der Waals surface area contributed by atoms with Gasteiger partial charge in [0, 0.05) is 39.1 Å². The summed E-state index contributed by atoms with van der Waals surface area (Å²) in [5, 5.41) is 7.40. The quantitative estimate of drug-likeness (QED) is 0.422. The molecule has 0 radical (unpaired) electrons. The van der Waals surface area contributed by atoms with E-state index in [1.54, 1.807) is 27.1 Å². The molecule has 126 valence electrons. The molecule has 0 amide bonds. The molecule has 1 aromatic rings. The average molecular weight is 441 g/mol. The van der Waals surface area contributed by atoms with Gasteiger partial charge in [-0.05, 0) is 19.9 Å². The Kier molecular flexibility index (Phi) is 6.65. The Labute approximate surface area is 149 Å². The van der Waals surface area contributed by atoms with Gasteiger partial charge in [0.2, 0.25) is 0 Å². The summed E-state index contributed by atoms with van der Waals surface area (Å²) in [5.74, 6) is 0.907. The SMILES string of the molecule is CN=C(NCCn1cccn1)N1CCS(=O)(=O)C(C)(C)C1.I. The minimum Gasteiger partial charge on any atom is -0.354 e. The number of nitrogens with zero attached hydrogens (tertiary/aromatic N) is 4. The molecule has 1 N–H and O–H groups in total. The van der Waals surface area contributed by atoms with Crippen LogP contribution in [0.1, 0.15) is 13.8 Å². The Balaban J connectivity index is 0.00000242. The fourth-order valence-corrected chi connectivity index (χ4v) is 3.74. The molecule has 0 bridgehead atoms. The fourth-order valence-electron chi connectivity index (χ4n) is 2.37. The third-order valence-electron chi connectivity index (χ3n) is 3.74. The summed E-state index contributed by atoms with van der Waals surface area (Å²) in [4.78, 5) is 6.25. The van der Waals surface area contributed by atoms with Crippen LogP contribution in [0.4, 0.5) is 0 Å². The summed E-state index contributed by atoms with van der Waals surface area (Å²) < 4.78 is 25.2. The van der Waals surface area contributed by atoms with Gasteiger partial charge in [-0.3, -0.25) is 9.67 Å². The van der Waals surface area contributed by atoms with Crippen LogP contribution < -0.4 is 5.32 Å². The summed E-state index contributed by atoms with van der Waals surface area (Å²) in [6.07, 6.45) is 3.65. The van der Waals surface area contributed by atoms with E-state index in [0.29, 0.717) is 19.6 Å². The van der Waals surface area contributed by atoms with Crippen molar-refractivity contribution >= 4 is 39.8 Å². The molecule has 1 aliphatic heterocycles. The van der Waals surface area contributed by atoms with E-state index in [1.807, 2.05) is 21.8 Å². The Hall–Kier alpha value is -0.840. The molecule has 0 saturated carbocycles. The zero-order chi connectivity index (χ0) is 15.5. The highest BCUT2D eigenvalue weighted by molar-refractivity contribution is 14.0. The Bertz CT molecular complexity index is 598. The number of sulfone groups is 1. The van der Waals surface area contributed by atoms with Gasteiger partial charge in [0.25, 0.3) is 0 Å². The maximum Gasteiger partial charge on any atom is 0.193 e. The van der Waals surface area contributed by atoms with Gasteiger partial charge in [-0.2, -0.15) is 5.10 Å². The van der Waals surface area contributed by atoms with Crippen molar-refractivity contribution in [1.82, 2.24) is 20.0 Å². The van der Waals surface area contributed by atoms with E-state index in [-0.39, 0.29) is 29.7 Å². The normalized spacial score (nSPS) is 20.3. The summed E-state index contributed by atoms with van der Waals surface area (Å²) in [6, 6.07) is 1.88. The van der Waals surface area contributed by atoms with Crippen molar-refractivity contribution in [1.29, 1.82) is 0 Å². The van der Waals surface area contributed by atoms with Crippen LogP contribution in [0.2, 0.25) is 0 Å². The van der Waals surface area contributed by atoms with Crippen LogP contribution >= 0.6 is 24.0 Å². The lowest BCUT2D eigenvalue weighted by atomic mass is 10.2. The standard InChI is InChI=1S/C13H23N5O2S.HI/c1-13(2)11-17(9-10-21(13,19)20)12(14-3)15-6-8-18-7-4-5-16-18;/h4-5,7H,6,8-11H2,1-3H3,(H,14,15);1H. The molecule has 1 fully saturated rings. The van der Waals surface area contributed by atoms with E-state index in [4.69, 9.17) is 0 Å². The second-order valence-corrected chi connectivity index (χ2v) is 8.49. The van der Waals surface area contributed by atoms with Crippen LogP contribution in [0.15, 0.2) is 23.5 Å². The van der Waals surface area contributed by atoms with Crippen LogP contribution in [0.25, 0.3) is 0 Å². The van der Waals surface area contributed by atoms with Crippen molar-refractivity contribution in [2.45, 2.75) is 25.1 Å². The van der Waals surface area contributed by atoms with Crippen LogP contribution in [0, 0.1) is 0 Å². The first-order valence-corrected chi connectivity index (χ1v) is 8.66. The first-order chi connectivity index (χ1) is 9.86. The molecular weight excluding hydrogens is 417 g/mol. The fraction of sp³-hybridized carbons (Fsp3) is 0.692. The van der Waals surface area contributed by atoms with E-state index in [0.717, 1.165) is 12.5 Å². The maximum absolute atomic E-state index is 12.0. The number of aliphatic imine (C=N–C) groups is 1. The minimum atomic E-state index is -3.03. The van der Waals surface area contributed by atoms with Gasteiger partial charge in [0.1, 0.15) is 0 Å². The third kappa shape index (κ3) is 4.34. The van der Waals surface area contributed by atoms with E-state index in [9.17, 15) is 8.42 Å². The lowest BCUT2D eigenvalue weighted by Crippen LogP contribution is -2.57. The molecule has 0 aromatic carbocycles. The maximum atomic E-state index is 12.0. The molecule has 1 aromatic heterocycles. The van der Waals surface area contributed by atoms with Crippen LogP contribution in [-0.4, -0.2) is 66.2 Å². The third-order valence-corrected chi connectivity index (χ3v) is 6.27. The van der Waals surface area contributed by atoms with Gasteiger partial charge in [-0.15, -0.1) is 24.0 Å². The summed E-state index contributed by atoms with van der Waals surface area (Å²) >= 11 is 0. The van der Waals surface area contributed by atoms with Gasteiger partial charge < -0.3 is 10.2 Å². The minimum absolute atomic E-state index is 0. The number of hydrogen-bond acceptors (Lipinski definition) is 4. The molecule has 0 unspecified atom stereocenters. The van der Waals surface area contributed by atoms with Crippen molar-refractivity contribution in [3.63, 3.8) is 0 Å². The van der Waals surface area contributed by atoms with E-state index in [1.165, 1.54) is 0 Å². The first-order valence-electron chi connectivity index (χ1n) is 7.01. The zero-order valence-electron chi connectivity index (χ0n) is 13.2. The molecule has 0 aliphatic carbocycles. The second kappa shape index (κ2) is 7.62. The van der Waals surface area contributed by atoms with Gasteiger partial charge in [0.15, 0.2) is 15.8 Å². The molecule has 22 heavy (non-hydrogen) atoms. The first kappa shape index (κ1) is 19.2. The number of rotatable bonds is 3. The Morgan fingerprint density at radius 1 is 1.45 bits per heavy atom. The number of guanidine groups is 1. The largest absolute Gasteiger partial charge is 0.354 e. The molecule has 0 atom stereocenters. The van der Waals surface area contributed by atoms with E-state index >= 15 is 0 Å². The van der Waals surface area contributed by atoms with Gasteiger partial charge in [-0.1, -0.05) is 0 Å². The molecule has 7 nitrogen and oxygen atoms in total. The van der Waals surface area contributed by atoms with E-state index < -0.39 is 14.6 Å². The Morgan fingerprint density at radius 2 is 2.18 bits per heavy atom. The van der Waals surface area contributed by atoms with Crippen molar-refractivity contribution in [3.8, 4) is 0 Å². The lowest BCUT2D eigenvalue weighted by Gasteiger charge is -2.39. The molecular formula is C13H24IN5O2S. The van der Waals surface area contributed by atoms with Crippen LogP contribution in [0.5, 0.6) is 0 Å². The summed E-state index contributed by atoms with van der Waals surface area (Å²) in [5.41, 5.74) is 0. The van der Waals surface area contributed by atoms with Gasteiger partial charge >= 0.3 is 0 Å². The topological polar surface area (TPSA) is 79.6 Å². The highest BCUT2D eigenvalue weighted by Gasteiger charge is 2.40. The lowest BCUT2D eigenvalue weighted by molar-refractivity contribution is 0.352. The monoisotopic (exact) mass is 441 g/mol. The highest BCUT2D eigenvalue weighted by Crippen LogP contribution is 2.23. The number of nitrogens with one attached hydrogen (secondary N) is 1. The molecule has 2 rings (SSSR count).